The lowest BCUT2D eigenvalue weighted by Crippen LogP contribution is -2.48. The van der Waals surface area contributed by atoms with Gasteiger partial charge in [0.05, 0.1) is 24.1 Å². The Labute approximate surface area is 177 Å². The van der Waals surface area contributed by atoms with Gasteiger partial charge >= 0.3 is 0 Å². The molecule has 1 aliphatic rings. The van der Waals surface area contributed by atoms with E-state index in [1.165, 1.54) is 18.2 Å². The summed E-state index contributed by atoms with van der Waals surface area (Å²) in [5.74, 6) is 0.593. The molecule has 8 nitrogen and oxygen atoms in total. The Balaban J connectivity index is 1.27. The van der Waals surface area contributed by atoms with Crippen LogP contribution in [0.3, 0.4) is 0 Å². The standard InChI is InChI=1S/C22H23FN6O2/c23-16-4-5-17-19(15-16)28-9-1-3-18(28)22(31)29(17)10-2-8-26-11-13-27(14-12-26)20-6-7-21(30)25-24-20/h1,3-7,9,15H,2,8,10-14H2,(H,25,30)/p+1. The summed E-state index contributed by atoms with van der Waals surface area (Å²) in [6.07, 6.45) is 2.62. The first-order valence-corrected chi connectivity index (χ1v) is 10.5. The third-order valence-electron chi connectivity index (χ3n) is 5.98. The van der Waals surface area contributed by atoms with Crippen LogP contribution in [0.15, 0.2) is 58.3 Å². The van der Waals surface area contributed by atoms with Crippen molar-refractivity contribution in [2.45, 2.75) is 13.0 Å². The van der Waals surface area contributed by atoms with Gasteiger partial charge in [-0.15, -0.1) is 0 Å². The Morgan fingerprint density at radius 1 is 0.935 bits per heavy atom. The first-order chi connectivity index (χ1) is 15.1. The zero-order chi connectivity index (χ0) is 21.4. The molecule has 0 unspecified atom stereocenters. The van der Waals surface area contributed by atoms with E-state index in [9.17, 15) is 14.0 Å². The van der Waals surface area contributed by atoms with Crippen molar-refractivity contribution in [2.75, 3.05) is 37.6 Å². The van der Waals surface area contributed by atoms with Crippen LogP contribution in [0.1, 0.15) is 6.42 Å². The Hall–Kier alpha value is -3.46. The molecule has 3 aromatic heterocycles. The minimum absolute atomic E-state index is 0.0532. The fourth-order valence-corrected chi connectivity index (χ4v) is 4.37. The van der Waals surface area contributed by atoms with E-state index in [-0.39, 0.29) is 16.9 Å². The lowest BCUT2D eigenvalue weighted by Gasteiger charge is -2.30. The van der Waals surface area contributed by atoms with Crippen molar-refractivity contribution >= 4 is 22.4 Å². The molecule has 0 saturated carbocycles. The van der Waals surface area contributed by atoms with Gasteiger partial charge in [-0.3, -0.25) is 19.4 Å². The maximum Gasteiger partial charge on any atom is 0.293 e. The molecule has 5 rings (SSSR count). The molecule has 0 bridgehead atoms. The summed E-state index contributed by atoms with van der Waals surface area (Å²) >= 11 is 0. The molecule has 4 aromatic rings. The quantitative estimate of drug-likeness (QED) is 0.522. The molecule has 1 saturated heterocycles. The molecule has 0 aliphatic carbocycles. The highest BCUT2D eigenvalue weighted by Crippen LogP contribution is 2.17. The van der Waals surface area contributed by atoms with Gasteiger partial charge in [0, 0.05) is 44.5 Å². The first kappa shape index (κ1) is 19.5. The van der Waals surface area contributed by atoms with Crippen molar-refractivity contribution in [3.8, 4) is 0 Å². The highest BCUT2D eigenvalue weighted by molar-refractivity contribution is 5.79. The van der Waals surface area contributed by atoms with Crippen LogP contribution in [0, 0.1) is 5.82 Å². The molecule has 1 aliphatic heterocycles. The molecule has 0 spiro atoms. The molecule has 2 N–H and O–H groups in total. The van der Waals surface area contributed by atoms with E-state index in [1.54, 1.807) is 33.4 Å². The second kappa shape index (κ2) is 7.99. The number of hydrogen-bond donors (Lipinski definition) is 1. The van der Waals surface area contributed by atoms with E-state index in [0.717, 1.165) is 50.5 Å². The minimum Gasteiger partial charge on any atom is -0.310 e. The third-order valence-corrected chi connectivity index (χ3v) is 5.98. The number of aromatic amines is 2. The maximum atomic E-state index is 13.8. The second-order valence-electron chi connectivity index (χ2n) is 7.87. The summed E-state index contributed by atoms with van der Waals surface area (Å²) < 4.78 is 17.4. The highest BCUT2D eigenvalue weighted by Gasteiger charge is 2.23. The van der Waals surface area contributed by atoms with E-state index < -0.39 is 0 Å². The van der Waals surface area contributed by atoms with Gasteiger partial charge in [0.1, 0.15) is 11.3 Å². The predicted molar refractivity (Wildman–Crippen MR) is 116 cm³/mol. The Bertz CT molecular complexity index is 1330. The Kier molecular flexibility index (Phi) is 5.03. The average molecular weight is 423 g/mol. The fraction of sp³-hybridized carbons (Fsp3) is 0.318. The Morgan fingerprint density at radius 2 is 1.77 bits per heavy atom. The van der Waals surface area contributed by atoms with Gasteiger partial charge in [0.2, 0.25) is 0 Å². The van der Waals surface area contributed by atoms with Gasteiger partial charge in [-0.25, -0.2) is 4.39 Å². The number of aryl methyl sites for hydroxylation is 1. The van der Waals surface area contributed by atoms with E-state index in [0.29, 0.717) is 17.6 Å². The molecule has 9 heteroatoms. The van der Waals surface area contributed by atoms with Crippen LogP contribution in [0.2, 0.25) is 0 Å². The number of hydrogen-bond acceptors (Lipinski definition) is 4. The lowest BCUT2D eigenvalue weighted by molar-refractivity contribution is -0.444. The van der Waals surface area contributed by atoms with Crippen LogP contribution in [0.4, 0.5) is 10.2 Å². The van der Waals surface area contributed by atoms with Gasteiger partial charge in [-0.05, 0) is 36.8 Å². The van der Waals surface area contributed by atoms with Gasteiger partial charge in [-0.1, -0.05) is 0 Å². The van der Waals surface area contributed by atoms with Crippen molar-refractivity contribution < 1.29 is 9.49 Å². The summed E-state index contributed by atoms with van der Waals surface area (Å²) in [5.41, 5.74) is 1.80. The monoisotopic (exact) mass is 423 g/mol. The summed E-state index contributed by atoms with van der Waals surface area (Å²) in [5, 5.41) is 5.53. The number of anilines is 1. The van der Waals surface area contributed by atoms with E-state index in [1.807, 2.05) is 6.07 Å². The third kappa shape index (κ3) is 3.72. The number of benzene rings is 1. The largest absolute Gasteiger partial charge is 0.310 e. The van der Waals surface area contributed by atoms with Gasteiger partial charge < -0.3 is 8.97 Å². The average Bonchev–Trinajstić information content (AvgIpc) is 3.28. The smallest absolute Gasteiger partial charge is 0.293 e. The number of nitrogens with zero attached hydrogens (tertiary/aromatic N) is 4. The zero-order valence-electron chi connectivity index (χ0n) is 17.1. The fourth-order valence-electron chi connectivity index (χ4n) is 4.37. The highest BCUT2D eigenvalue weighted by atomic mass is 19.1. The van der Waals surface area contributed by atoms with Crippen molar-refractivity contribution in [1.82, 2.24) is 19.0 Å². The molecule has 1 aromatic carbocycles. The molecule has 31 heavy (non-hydrogen) atoms. The van der Waals surface area contributed by atoms with Crippen molar-refractivity contribution in [1.29, 1.82) is 0 Å². The molecule has 0 radical (unpaired) electrons. The van der Waals surface area contributed by atoms with Crippen molar-refractivity contribution in [3.05, 3.63) is 75.2 Å². The molecule has 0 atom stereocenters. The summed E-state index contributed by atoms with van der Waals surface area (Å²) in [6, 6.07) is 11.5. The predicted octanol–water partition coefficient (Wildman–Crippen LogP) is 1.11. The number of H-pyrrole nitrogens is 2. The van der Waals surface area contributed by atoms with Crippen LogP contribution in [-0.4, -0.2) is 51.7 Å². The zero-order valence-corrected chi connectivity index (χ0v) is 17.1. The van der Waals surface area contributed by atoms with Crippen LogP contribution < -0.4 is 21.1 Å². The number of halogens is 1. The number of rotatable bonds is 5. The molecule has 4 heterocycles. The lowest BCUT2D eigenvalue weighted by atomic mass is 10.2. The SMILES string of the molecule is O=c1ccc(N2CCN(CCCn3c(=O)c4cccn4c4cc(F)ccc43)CC2)[nH+][nH]1. The topological polar surface area (TPSA) is 79.9 Å². The van der Waals surface area contributed by atoms with Crippen LogP contribution >= 0.6 is 0 Å². The number of fused-ring (bicyclic) bond motifs is 3. The normalized spacial score (nSPS) is 15.2. The van der Waals surface area contributed by atoms with Gasteiger partial charge in [0.15, 0.2) is 0 Å². The van der Waals surface area contributed by atoms with E-state index >= 15 is 0 Å². The van der Waals surface area contributed by atoms with Gasteiger partial charge in [-0.2, -0.15) is 10.2 Å². The summed E-state index contributed by atoms with van der Waals surface area (Å²) in [4.78, 5) is 28.8. The number of nitrogens with one attached hydrogen (secondary N) is 2. The van der Waals surface area contributed by atoms with Crippen LogP contribution in [0.5, 0.6) is 0 Å². The van der Waals surface area contributed by atoms with Gasteiger partial charge in [0.25, 0.3) is 16.9 Å². The van der Waals surface area contributed by atoms with E-state index in [4.69, 9.17) is 0 Å². The molecule has 0 amide bonds. The summed E-state index contributed by atoms with van der Waals surface area (Å²) in [6.45, 7) is 5.00. The van der Waals surface area contributed by atoms with E-state index in [2.05, 4.69) is 20.0 Å². The maximum absolute atomic E-state index is 13.8. The molecule has 160 valence electrons. The number of aromatic nitrogens is 4. The van der Waals surface area contributed by atoms with Crippen LogP contribution in [0.25, 0.3) is 16.6 Å². The summed E-state index contributed by atoms with van der Waals surface area (Å²) in [7, 11) is 0. The molecular formula is C22H24FN6O2+. The van der Waals surface area contributed by atoms with Crippen molar-refractivity contribution in [2.24, 2.45) is 0 Å². The minimum atomic E-state index is -0.315. The van der Waals surface area contributed by atoms with Crippen molar-refractivity contribution in [3.63, 3.8) is 0 Å². The Morgan fingerprint density at radius 3 is 2.55 bits per heavy atom. The molecule has 1 fully saturated rings. The second-order valence-corrected chi connectivity index (χ2v) is 7.87. The number of piperazine rings is 1. The first-order valence-electron chi connectivity index (χ1n) is 10.5. The molecular weight excluding hydrogens is 399 g/mol. The van der Waals surface area contributed by atoms with Crippen LogP contribution in [-0.2, 0) is 6.54 Å².